The molecule has 1 aromatic carbocycles. The lowest BCUT2D eigenvalue weighted by Crippen LogP contribution is -2.41. The van der Waals surface area contributed by atoms with Crippen LogP contribution in [-0.4, -0.2) is 17.9 Å². The van der Waals surface area contributed by atoms with E-state index in [4.69, 9.17) is 11.3 Å². The summed E-state index contributed by atoms with van der Waals surface area (Å²) in [5.74, 6) is 5.32. The van der Waals surface area contributed by atoms with E-state index in [2.05, 4.69) is 5.43 Å². The Kier molecular flexibility index (Phi) is 3.28. The van der Waals surface area contributed by atoms with E-state index in [0.717, 1.165) is 5.56 Å². The van der Waals surface area contributed by atoms with Crippen molar-refractivity contribution in [2.75, 3.05) is 7.05 Å². The first kappa shape index (κ1) is 9.54. The van der Waals surface area contributed by atoms with Gasteiger partial charge in [0, 0.05) is 13.6 Å². The zero-order valence-corrected chi connectivity index (χ0v) is 7.62. The average molecular weight is 178 g/mol. The van der Waals surface area contributed by atoms with Gasteiger partial charge in [0.15, 0.2) is 0 Å². The molecule has 0 aromatic heterocycles. The van der Waals surface area contributed by atoms with Gasteiger partial charge >= 0.3 is 0 Å². The van der Waals surface area contributed by atoms with Crippen molar-refractivity contribution in [2.24, 2.45) is 5.84 Å². The Morgan fingerprint density at radius 1 is 1.46 bits per heavy atom. The molecular formula is C9H14N4. The molecule has 0 saturated heterocycles. The SMILES string of the molecule is CN(Cc1ccccc1)C(=N)NN. The highest BCUT2D eigenvalue weighted by molar-refractivity contribution is 5.75. The number of hydrazine groups is 1. The summed E-state index contributed by atoms with van der Waals surface area (Å²) in [6, 6.07) is 9.95. The molecule has 0 aliphatic rings. The fraction of sp³-hybridized carbons (Fsp3) is 0.222. The van der Waals surface area contributed by atoms with Crippen LogP contribution < -0.4 is 11.3 Å². The Morgan fingerprint density at radius 3 is 2.62 bits per heavy atom. The molecular weight excluding hydrogens is 164 g/mol. The van der Waals surface area contributed by atoms with E-state index < -0.39 is 0 Å². The highest BCUT2D eigenvalue weighted by Crippen LogP contribution is 2.01. The van der Waals surface area contributed by atoms with Crippen molar-refractivity contribution < 1.29 is 0 Å². The zero-order chi connectivity index (χ0) is 9.68. The largest absolute Gasteiger partial charge is 0.341 e. The molecule has 0 aliphatic carbocycles. The molecule has 0 amide bonds. The van der Waals surface area contributed by atoms with E-state index in [1.54, 1.807) is 4.90 Å². The maximum Gasteiger partial charge on any atom is 0.205 e. The number of nitrogens with zero attached hydrogens (tertiary/aromatic N) is 1. The van der Waals surface area contributed by atoms with Gasteiger partial charge in [0.05, 0.1) is 0 Å². The van der Waals surface area contributed by atoms with Gasteiger partial charge in [-0.3, -0.25) is 10.8 Å². The minimum absolute atomic E-state index is 0.212. The van der Waals surface area contributed by atoms with Crippen LogP contribution in [0.2, 0.25) is 0 Å². The molecule has 1 rings (SSSR count). The van der Waals surface area contributed by atoms with Crippen LogP contribution >= 0.6 is 0 Å². The van der Waals surface area contributed by atoms with Gasteiger partial charge in [0.1, 0.15) is 0 Å². The highest BCUT2D eigenvalue weighted by Gasteiger charge is 2.01. The summed E-state index contributed by atoms with van der Waals surface area (Å²) in [6.07, 6.45) is 0. The molecule has 70 valence electrons. The van der Waals surface area contributed by atoms with Gasteiger partial charge < -0.3 is 4.90 Å². The zero-order valence-electron chi connectivity index (χ0n) is 7.62. The summed E-state index contributed by atoms with van der Waals surface area (Å²) in [5, 5.41) is 7.38. The fourth-order valence-corrected chi connectivity index (χ4v) is 1.05. The summed E-state index contributed by atoms with van der Waals surface area (Å²) < 4.78 is 0. The normalized spacial score (nSPS) is 9.38. The lowest BCUT2D eigenvalue weighted by Gasteiger charge is -2.18. The first-order valence-electron chi connectivity index (χ1n) is 4.04. The molecule has 4 nitrogen and oxygen atoms in total. The fourth-order valence-electron chi connectivity index (χ4n) is 1.05. The first-order valence-corrected chi connectivity index (χ1v) is 4.04. The monoisotopic (exact) mass is 178 g/mol. The molecule has 0 radical (unpaired) electrons. The topological polar surface area (TPSA) is 65.1 Å². The van der Waals surface area contributed by atoms with Gasteiger partial charge in [-0.05, 0) is 5.56 Å². The van der Waals surface area contributed by atoms with Gasteiger partial charge in [-0.25, -0.2) is 5.84 Å². The number of hydrogen-bond acceptors (Lipinski definition) is 2. The second-order valence-electron chi connectivity index (χ2n) is 2.83. The second kappa shape index (κ2) is 4.47. The minimum Gasteiger partial charge on any atom is -0.341 e. The van der Waals surface area contributed by atoms with E-state index in [1.807, 2.05) is 37.4 Å². The Hall–Kier alpha value is -1.55. The van der Waals surface area contributed by atoms with Crippen LogP contribution in [0.25, 0.3) is 0 Å². The quantitative estimate of drug-likeness (QED) is 0.268. The third-order valence-electron chi connectivity index (χ3n) is 1.78. The summed E-state index contributed by atoms with van der Waals surface area (Å²) in [5.41, 5.74) is 3.45. The molecule has 0 bridgehead atoms. The predicted octanol–water partition coefficient (Wildman–Crippen LogP) is 0.516. The number of nitrogens with one attached hydrogen (secondary N) is 2. The van der Waals surface area contributed by atoms with Crippen LogP contribution in [0.15, 0.2) is 30.3 Å². The maximum atomic E-state index is 7.38. The van der Waals surface area contributed by atoms with Crippen molar-refractivity contribution in [1.82, 2.24) is 10.3 Å². The Balaban J connectivity index is 2.55. The average Bonchev–Trinajstić information content (AvgIpc) is 2.18. The van der Waals surface area contributed by atoms with E-state index in [9.17, 15) is 0 Å². The van der Waals surface area contributed by atoms with Gasteiger partial charge in [0.2, 0.25) is 5.96 Å². The highest BCUT2D eigenvalue weighted by atomic mass is 15.4. The third kappa shape index (κ3) is 2.76. The summed E-state index contributed by atoms with van der Waals surface area (Å²) in [6.45, 7) is 0.684. The first-order chi connectivity index (χ1) is 6.24. The van der Waals surface area contributed by atoms with Gasteiger partial charge in [-0.1, -0.05) is 30.3 Å². The van der Waals surface area contributed by atoms with Crippen LogP contribution in [0, 0.1) is 5.41 Å². The molecule has 0 spiro atoms. The number of nitrogens with two attached hydrogens (primary N) is 1. The Labute approximate surface area is 77.8 Å². The Morgan fingerprint density at radius 2 is 2.08 bits per heavy atom. The number of rotatable bonds is 2. The van der Waals surface area contributed by atoms with Gasteiger partial charge in [0.25, 0.3) is 0 Å². The van der Waals surface area contributed by atoms with E-state index in [1.165, 1.54) is 0 Å². The smallest absolute Gasteiger partial charge is 0.205 e. The lowest BCUT2D eigenvalue weighted by molar-refractivity contribution is 0.476. The molecule has 4 N–H and O–H groups in total. The molecule has 0 heterocycles. The van der Waals surface area contributed by atoms with Crippen LogP contribution in [0.1, 0.15) is 5.56 Å². The van der Waals surface area contributed by atoms with Gasteiger partial charge in [-0.2, -0.15) is 0 Å². The van der Waals surface area contributed by atoms with Crippen LogP contribution in [0.5, 0.6) is 0 Å². The van der Waals surface area contributed by atoms with E-state index in [0.29, 0.717) is 6.54 Å². The molecule has 0 aliphatic heterocycles. The number of guanidine groups is 1. The van der Waals surface area contributed by atoms with Crippen LogP contribution in [0.3, 0.4) is 0 Å². The third-order valence-corrected chi connectivity index (χ3v) is 1.78. The molecule has 0 saturated carbocycles. The number of hydrogen-bond donors (Lipinski definition) is 3. The van der Waals surface area contributed by atoms with Crippen molar-refractivity contribution in [1.29, 1.82) is 5.41 Å². The molecule has 0 fully saturated rings. The van der Waals surface area contributed by atoms with Crippen molar-refractivity contribution >= 4 is 5.96 Å². The maximum absolute atomic E-state index is 7.38. The van der Waals surface area contributed by atoms with Crippen molar-refractivity contribution in [3.05, 3.63) is 35.9 Å². The predicted molar refractivity (Wildman–Crippen MR) is 53.0 cm³/mol. The standard InChI is InChI=1S/C9H14N4/c1-13(9(10)12-11)7-8-5-3-2-4-6-8/h2-6H,7,11H2,1H3,(H2,10,12). The Bertz CT molecular complexity index is 270. The second-order valence-corrected chi connectivity index (χ2v) is 2.83. The summed E-state index contributed by atoms with van der Waals surface area (Å²) >= 11 is 0. The molecule has 0 unspecified atom stereocenters. The minimum atomic E-state index is 0.212. The van der Waals surface area contributed by atoms with Crippen LogP contribution in [0.4, 0.5) is 0 Å². The lowest BCUT2D eigenvalue weighted by atomic mass is 10.2. The van der Waals surface area contributed by atoms with Crippen molar-refractivity contribution in [3.63, 3.8) is 0 Å². The summed E-state index contributed by atoms with van der Waals surface area (Å²) in [7, 11) is 1.81. The van der Waals surface area contributed by atoms with Gasteiger partial charge in [-0.15, -0.1) is 0 Å². The summed E-state index contributed by atoms with van der Waals surface area (Å²) in [4.78, 5) is 1.73. The van der Waals surface area contributed by atoms with Crippen molar-refractivity contribution in [2.45, 2.75) is 6.54 Å². The number of benzene rings is 1. The molecule has 13 heavy (non-hydrogen) atoms. The molecule has 1 aromatic rings. The van der Waals surface area contributed by atoms with E-state index >= 15 is 0 Å². The van der Waals surface area contributed by atoms with Crippen molar-refractivity contribution in [3.8, 4) is 0 Å². The molecule has 4 heteroatoms. The van der Waals surface area contributed by atoms with Crippen LogP contribution in [-0.2, 0) is 6.54 Å². The molecule has 0 atom stereocenters. The van der Waals surface area contributed by atoms with E-state index in [-0.39, 0.29) is 5.96 Å².